The summed E-state index contributed by atoms with van der Waals surface area (Å²) in [7, 11) is 0. The van der Waals surface area contributed by atoms with Crippen LogP contribution in [0.25, 0.3) is 11.0 Å². The van der Waals surface area contributed by atoms with Crippen LogP contribution in [0, 0.1) is 0 Å². The average Bonchev–Trinajstić information content (AvgIpc) is 2.30. The summed E-state index contributed by atoms with van der Waals surface area (Å²) in [5, 5.41) is 0. The van der Waals surface area contributed by atoms with Crippen molar-refractivity contribution in [3.8, 4) is 11.8 Å². The van der Waals surface area contributed by atoms with Crippen molar-refractivity contribution in [2.75, 3.05) is 13.2 Å². The number of ether oxygens (including phenoxy) is 2. The third kappa shape index (κ3) is 2.05. The van der Waals surface area contributed by atoms with E-state index < -0.39 is 0 Å². The summed E-state index contributed by atoms with van der Waals surface area (Å²) in [6.45, 7) is 4.92. The molecule has 0 N–H and O–H groups in total. The lowest BCUT2D eigenvalue weighted by atomic mass is 10.3. The Labute approximate surface area is 94.2 Å². The molecule has 4 heteroatoms. The topological polar surface area (TPSA) is 44.2 Å². The van der Waals surface area contributed by atoms with Gasteiger partial charge in [0.05, 0.1) is 24.2 Å². The van der Waals surface area contributed by atoms with Gasteiger partial charge in [0.25, 0.3) is 11.8 Å². The molecule has 0 aliphatic carbocycles. The maximum Gasteiger partial charge on any atom is 0.278 e. The van der Waals surface area contributed by atoms with Crippen molar-refractivity contribution in [2.45, 2.75) is 13.8 Å². The maximum absolute atomic E-state index is 5.40. The summed E-state index contributed by atoms with van der Waals surface area (Å²) >= 11 is 0. The Balaban J connectivity index is 2.51. The minimum absolute atomic E-state index is 0.461. The smallest absolute Gasteiger partial charge is 0.278 e. The first kappa shape index (κ1) is 10.7. The van der Waals surface area contributed by atoms with Crippen molar-refractivity contribution in [2.24, 2.45) is 0 Å². The second kappa shape index (κ2) is 4.79. The molecule has 84 valence electrons. The van der Waals surface area contributed by atoms with Crippen LogP contribution in [-0.2, 0) is 0 Å². The summed E-state index contributed by atoms with van der Waals surface area (Å²) in [5.41, 5.74) is 1.63. The van der Waals surface area contributed by atoms with Crippen molar-refractivity contribution in [1.29, 1.82) is 0 Å². The molecule has 16 heavy (non-hydrogen) atoms. The Morgan fingerprint density at radius 2 is 1.31 bits per heavy atom. The number of hydrogen-bond donors (Lipinski definition) is 0. The molecule has 0 spiro atoms. The molecule has 0 amide bonds. The second-order valence-corrected chi connectivity index (χ2v) is 3.19. The average molecular weight is 218 g/mol. The van der Waals surface area contributed by atoms with Crippen molar-refractivity contribution < 1.29 is 9.47 Å². The zero-order chi connectivity index (χ0) is 11.4. The first-order chi connectivity index (χ1) is 7.85. The number of fused-ring (bicyclic) bond motifs is 1. The molecular formula is C12H14N2O2. The number of rotatable bonds is 4. The molecule has 0 saturated heterocycles. The number of benzene rings is 1. The van der Waals surface area contributed by atoms with Gasteiger partial charge in [0.1, 0.15) is 0 Å². The van der Waals surface area contributed by atoms with Gasteiger partial charge in [-0.3, -0.25) is 0 Å². The molecule has 1 heterocycles. The van der Waals surface area contributed by atoms with Gasteiger partial charge in [-0.25, -0.2) is 9.97 Å². The van der Waals surface area contributed by atoms with Gasteiger partial charge < -0.3 is 9.47 Å². The molecular weight excluding hydrogens is 204 g/mol. The predicted molar refractivity (Wildman–Crippen MR) is 61.9 cm³/mol. The van der Waals surface area contributed by atoms with E-state index >= 15 is 0 Å². The molecule has 2 aromatic rings. The predicted octanol–water partition coefficient (Wildman–Crippen LogP) is 2.43. The third-order valence-corrected chi connectivity index (χ3v) is 2.07. The number of aromatic nitrogens is 2. The molecule has 0 radical (unpaired) electrons. The van der Waals surface area contributed by atoms with E-state index in [1.54, 1.807) is 0 Å². The Kier molecular flexibility index (Phi) is 3.19. The first-order valence-corrected chi connectivity index (χ1v) is 5.37. The van der Waals surface area contributed by atoms with E-state index in [4.69, 9.17) is 9.47 Å². The van der Waals surface area contributed by atoms with Gasteiger partial charge >= 0.3 is 0 Å². The van der Waals surface area contributed by atoms with E-state index in [2.05, 4.69) is 9.97 Å². The standard InChI is InChI=1S/C12H14N2O2/c1-3-15-11-12(16-4-2)14-10-8-6-5-7-9(10)13-11/h5-8H,3-4H2,1-2H3. The fourth-order valence-electron chi connectivity index (χ4n) is 1.43. The van der Waals surface area contributed by atoms with Crippen molar-refractivity contribution in [1.82, 2.24) is 9.97 Å². The Morgan fingerprint density at radius 3 is 1.69 bits per heavy atom. The van der Waals surface area contributed by atoms with Crippen LogP contribution < -0.4 is 9.47 Å². The summed E-state index contributed by atoms with van der Waals surface area (Å²) < 4.78 is 10.8. The highest BCUT2D eigenvalue weighted by atomic mass is 16.5. The van der Waals surface area contributed by atoms with E-state index in [0.29, 0.717) is 25.0 Å². The zero-order valence-corrected chi connectivity index (χ0v) is 9.43. The monoisotopic (exact) mass is 218 g/mol. The number of hydrogen-bond acceptors (Lipinski definition) is 4. The molecule has 0 aliphatic rings. The van der Waals surface area contributed by atoms with E-state index in [0.717, 1.165) is 11.0 Å². The van der Waals surface area contributed by atoms with Gasteiger partial charge in [-0.2, -0.15) is 0 Å². The van der Waals surface area contributed by atoms with Crippen LogP contribution in [0.1, 0.15) is 13.8 Å². The minimum Gasteiger partial charge on any atom is -0.474 e. The Morgan fingerprint density at radius 1 is 0.875 bits per heavy atom. The SMILES string of the molecule is CCOc1nc2ccccc2nc1OCC. The van der Waals surface area contributed by atoms with Crippen molar-refractivity contribution in [3.63, 3.8) is 0 Å². The lowest BCUT2D eigenvalue weighted by Crippen LogP contribution is -2.02. The highest BCUT2D eigenvalue weighted by molar-refractivity contribution is 5.75. The van der Waals surface area contributed by atoms with Gasteiger partial charge in [-0.05, 0) is 26.0 Å². The van der Waals surface area contributed by atoms with Crippen LogP contribution in [0.3, 0.4) is 0 Å². The fraction of sp³-hybridized carbons (Fsp3) is 0.333. The molecule has 0 bridgehead atoms. The van der Waals surface area contributed by atoms with Crippen molar-refractivity contribution in [3.05, 3.63) is 24.3 Å². The van der Waals surface area contributed by atoms with Crippen LogP contribution in [0.5, 0.6) is 11.8 Å². The molecule has 0 fully saturated rings. The quantitative estimate of drug-likeness (QED) is 0.790. The van der Waals surface area contributed by atoms with Crippen LogP contribution in [0.2, 0.25) is 0 Å². The molecule has 1 aromatic carbocycles. The van der Waals surface area contributed by atoms with Gasteiger partial charge in [0.2, 0.25) is 0 Å². The lowest BCUT2D eigenvalue weighted by Gasteiger charge is -2.09. The molecule has 0 atom stereocenters. The maximum atomic E-state index is 5.40. The Bertz CT molecular complexity index is 441. The highest BCUT2D eigenvalue weighted by Crippen LogP contribution is 2.25. The molecule has 0 aliphatic heterocycles. The normalized spacial score (nSPS) is 10.4. The fourth-order valence-corrected chi connectivity index (χ4v) is 1.43. The van der Waals surface area contributed by atoms with Crippen LogP contribution >= 0.6 is 0 Å². The van der Waals surface area contributed by atoms with Crippen LogP contribution in [0.4, 0.5) is 0 Å². The van der Waals surface area contributed by atoms with Gasteiger partial charge in [-0.1, -0.05) is 12.1 Å². The minimum atomic E-state index is 0.461. The molecule has 0 saturated carbocycles. The van der Waals surface area contributed by atoms with E-state index in [9.17, 15) is 0 Å². The van der Waals surface area contributed by atoms with Crippen LogP contribution in [-0.4, -0.2) is 23.2 Å². The highest BCUT2D eigenvalue weighted by Gasteiger charge is 2.10. The summed E-state index contributed by atoms with van der Waals surface area (Å²) in [6, 6.07) is 7.65. The van der Waals surface area contributed by atoms with Gasteiger partial charge in [0, 0.05) is 0 Å². The second-order valence-electron chi connectivity index (χ2n) is 3.19. The lowest BCUT2D eigenvalue weighted by molar-refractivity contribution is 0.271. The zero-order valence-electron chi connectivity index (χ0n) is 9.43. The van der Waals surface area contributed by atoms with Crippen molar-refractivity contribution >= 4 is 11.0 Å². The summed E-state index contributed by atoms with van der Waals surface area (Å²) in [5.74, 6) is 0.922. The Hall–Kier alpha value is -1.84. The largest absolute Gasteiger partial charge is 0.474 e. The van der Waals surface area contributed by atoms with Crippen LogP contribution in [0.15, 0.2) is 24.3 Å². The number of para-hydroxylation sites is 2. The molecule has 4 nitrogen and oxygen atoms in total. The molecule has 0 unspecified atom stereocenters. The molecule has 2 rings (SSSR count). The summed E-state index contributed by atoms with van der Waals surface area (Å²) in [6.07, 6.45) is 0. The van der Waals surface area contributed by atoms with Gasteiger partial charge in [-0.15, -0.1) is 0 Å². The summed E-state index contributed by atoms with van der Waals surface area (Å²) in [4.78, 5) is 8.75. The number of nitrogens with zero attached hydrogens (tertiary/aromatic N) is 2. The van der Waals surface area contributed by atoms with E-state index in [1.807, 2.05) is 38.1 Å². The third-order valence-electron chi connectivity index (χ3n) is 2.07. The van der Waals surface area contributed by atoms with E-state index in [1.165, 1.54) is 0 Å². The first-order valence-electron chi connectivity index (χ1n) is 5.37. The van der Waals surface area contributed by atoms with Gasteiger partial charge in [0.15, 0.2) is 0 Å². The molecule has 1 aromatic heterocycles. The van der Waals surface area contributed by atoms with E-state index in [-0.39, 0.29) is 0 Å².